The molecule has 0 spiro atoms. The van der Waals surface area contributed by atoms with Crippen molar-refractivity contribution in [1.29, 1.82) is 0 Å². The highest BCUT2D eigenvalue weighted by atomic mass is 16.5. The van der Waals surface area contributed by atoms with E-state index in [1.807, 2.05) is 24.3 Å². The highest BCUT2D eigenvalue weighted by Crippen LogP contribution is 2.52. The highest BCUT2D eigenvalue weighted by molar-refractivity contribution is 5.97. The molecule has 0 fully saturated rings. The Labute approximate surface area is 158 Å². The number of benzene rings is 2. The number of hydrogen-bond donors (Lipinski definition) is 1. The molecule has 0 amide bonds. The molecule has 0 saturated carbocycles. The van der Waals surface area contributed by atoms with Gasteiger partial charge >= 0.3 is 11.9 Å². The number of fused-ring (bicyclic) bond motifs is 3. The van der Waals surface area contributed by atoms with Gasteiger partial charge in [0, 0.05) is 16.7 Å². The number of rotatable bonds is 5. The van der Waals surface area contributed by atoms with E-state index in [1.165, 1.54) is 7.11 Å². The normalized spacial score (nSPS) is 21.4. The quantitative estimate of drug-likeness (QED) is 0.809. The van der Waals surface area contributed by atoms with Crippen molar-refractivity contribution in [2.45, 2.75) is 32.1 Å². The van der Waals surface area contributed by atoms with Gasteiger partial charge in [-0.2, -0.15) is 0 Å². The Morgan fingerprint density at radius 1 is 1.19 bits per heavy atom. The van der Waals surface area contributed by atoms with E-state index in [4.69, 9.17) is 14.2 Å². The van der Waals surface area contributed by atoms with Crippen LogP contribution in [0.25, 0.3) is 10.8 Å². The largest absolute Gasteiger partial charge is 0.496 e. The summed E-state index contributed by atoms with van der Waals surface area (Å²) in [6.45, 7) is 1.79. The van der Waals surface area contributed by atoms with Gasteiger partial charge < -0.3 is 19.3 Å². The van der Waals surface area contributed by atoms with Gasteiger partial charge in [-0.3, -0.25) is 9.59 Å². The van der Waals surface area contributed by atoms with E-state index in [2.05, 4.69) is 0 Å². The fourth-order valence-corrected chi connectivity index (χ4v) is 4.31. The maximum absolute atomic E-state index is 12.6. The molecule has 0 saturated heterocycles. The van der Waals surface area contributed by atoms with Crippen LogP contribution in [0.4, 0.5) is 0 Å². The second kappa shape index (κ2) is 7.10. The van der Waals surface area contributed by atoms with Crippen LogP contribution in [0.2, 0.25) is 0 Å². The molecule has 2 aromatic carbocycles. The zero-order valence-electron chi connectivity index (χ0n) is 16.0. The van der Waals surface area contributed by atoms with Crippen LogP contribution in [0.15, 0.2) is 24.3 Å². The molecule has 0 radical (unpaired) electrons. The van der Waals surface area contributed by atoms with Crippen LogP contribution in [-0.2, 0) is 20.7 Å². The summed E-state index contributed by atoms with van der Waals surface area (Å²) in [4.78, 5) is 24.2. The predicted molar refractivity (Wildman–Crippen MR) is 100 cm³/mol. The van der Waals surface area contributed by atoms with Crippen molar-refractivity contribution >= 4 is 22.7 Å². The van der Waals surface area contributed by atoms with Gasteiger partial charge in [0.2, 0.25) is 0 Å². The van der Waals surface area contributed by atoms with Crippen LogP contribution in [0.1, 0.15) is 36.8 Å². The number of methoxy groups -OCH3 is 3. The molecule has 0 aromatic heterocycles. The highest BCUT2D eigenvalue weighted by Gasteiger charge is 2.47. The smallest absolute Gasteiger partial charge is 0.312 e. The molecule has 3 rings (SSSR count). The molecule has 1 aliphatic carbocycles. The van der Waals surface area contributed by atoms with Crippen molar-refractivity contribution in [3.63, 3.8) is 0 Å². The summed E-state index contributed by atoms with van der Waals surface area (Å²) >= 11 is 0. The SMILES string of the molecule is COC(=O)[C@]1(C)CCc2c(cc(OC)c3cccc(OC)c23)[C@H]1CC(=O)O. The van der Waals surface area contributed by atoms with Crippen LogP contribution in [-0.4, -0.2) is 38.4 Å². The van der Waals surface area contributed by atoms with Gasteiger partial charge in [-0.05, 0) is 43.0 Å². The Balaban J connectivity index is 2.34. The number of hydrogen-bond acceptors (Lipinski definition) is 5. The summed E-state index contributed by atoms with van der Waals surface area (Å²) in [5.74, 6) is -0.527. The van der Waals surface area contributed by atoms with E-state index in [-0.39, 0.29) is 6.42 Å². The zero-order chi connectivity index (χ0) is 19.8. The van der Waals surface area contributed by atoms with Crippen LogP contribution in [0, 0.1) is 5.41 Å². The summed E-state index contributed by atoms with van der Waals surface area (Å²) in [7, 11) is 4.52. The van der Waals surface area contributed by atoms with Gasteiger partial charge in [-0.25, -0.2) is 0 Å². The molecule has 2 aromatic rings. The Bertz CT molecular complexity index is 903. The van der Waals surface area contributed by atoms with Gasteiger partial charge in [0.25, 0.3) is 0 Å². The lowest BCUT2D eigenvalue weighted by atomic mass is 9.63. The number of esters is 1. The first-order valence-corrected chi connectivity index (χ1v) is 8.84. The van der Waals surface area contributed by atoms with Crippen molar-refractivity contribution in [3.8, 4) is 11.5 Å². The van der Waals surface area contributed by atoms with E-state index in [0.717, 1.165) is 21.9 Å². The molecule has 6 nitrogen and oxygen atoms in total. The third-order valence-corrected chi connectivity index (χ3v) is 5.74. The van der Waals surface area contributed by atoms with Crippen LogP contribution >= 0.6 is 0 Å². The molecule has 144 valence electrons. The Kier molecular flexibility index (Phi) is 5.00. The molecule has 6 heteroatoms. The van der Waals surface area contributed by atoms with Gasteiger partial charge in [0.05, 0.1) is 33.2 Å². The van der Waals surface area contributed by atoms with E-state index >= 15 is 0 Å². The fraction of sp³-hybridized carbons (Fsp3) is 0.429. The van der Waals surface area contributed by atoms with E-state index in [1.54, 1.807) is 21.1 Å². The average Bonchev–Trinajstić information content (AvgIpc) is 2.67. The first kappa shape index (κ1) is 19.0. The van der Waals surface area contributed by atoms with Crippen LogP contribution in [0.5, 0.6) is 11.5 Å². The summed E-state index contributed by atoms with van der Waals surface area (Å²) in [6.07, 6.45) is 0.963. The summed E-state index contributed by atoms with van der Waals surface area (Å²) in [5, 5.41) is 11.3. The van der Waals surface area contributed by atoms with Crippen molar-refractivity contribution in [2.75, 3.05) is 21.3 Å². The Morgan fingerprint density at radius 3 is 2.48 bits per heavy atom. The maximum Gasteiger partial charge on any atom is 0.312 e. The third kappa shape index (κ3) is 2.99. The topological polar surface area (TPSA) is 82.1 Å². The van der Waals surface area contributed by atoms with Crippen molar-refractivity contribution in [1.82, 2.24) is 0 Å². The second-order valence-electron chi connectivity index (χ2n) is 7.09. The van der Waals surface area contributed by atoms with Gasteiger partial charge in [-0.1, -0.05) is 12.1 Å². The number of carbonyl (C=O) groups is 2. The Hall–Kier alpha value is -2.76. The predicted octanol–water partition coefficient (Wildman–Crippen LogP) is 3.54. The van der Waals surface area contributed by atoms with Crippen molar-refractivity contribution in [3.05, 3.63) is 35.4 Å². The first-order valence-electron chi connectivity index (χ1n) is 8.84. The van der Waals surface area contributed by atoms with E-state index < -0.39 is 23.3 Å². The minimum absolute atomic E-state index is 0.164. The number of ether oxygens (including phenoxy) is 3. The molecular formula is C21H24O6. The van der Waals surface area contributed by atoms with Crippen molar-refractivity contribution < 1.29 is 28.9 Å². The van der Waals surface area contributed by atoms with Crippen LogP contribution < -0.4 is 9.47 Å². The zero-order valence-corrected chi connectivity index (χ0v) is 16.0. The summed E-state index contributed by atoms with van der Waals surface area (Å²) in [6, 6.07) is 7.59. The van der Waals surface area contributed by atoms with Gasteiger partial charge in [0.15, 0.2) is 0 Å². The second-order valence-corrected chi connectivity index (χ2v) is 7.09. The molecule has 0 aliphatic heterocycles. The fourth-order valence-electron chi connectivity index (χ4n) is 4.31. The first-order chi connectivity index (χ1) is 12.9. The van der Waals surface area contributed by atoms with Crippen LogP contribution in [0.3, 0.4) is 0 Å². The molecule has 2 atom stereocenters. The lowest BCUT2D eigenvalue weighted by Gasteiger charge is -2.40. The molecule has 0 unspecified atom stereocenters. The monoisotopic (exact) mass is 372 g/mol. The van der Waals surface area contributed by atoms with E-state index in [9.17, 15) is 14.7 Å². The van der Waals surface area contributed by atoms with Gasteiger partial charge in [0.1, 0.15) is 11.5 Å². The lowest BCUT2D eigenvalue weighted by molar-refractivity contribution is -0.155. The van der Waals surface area contributed by atoms with E-state index in [0.29, 0.717) is 24.3 Å². The molecule has 1 aliphatic rings. The molecular weight excluding hydrogens is 348 g/mol. The third-order valence-electron chi connectivity index (χ3n) is 5.74. The van der Waals surface area contributed by atoms with Crippen molar-refractivity contribution in [2.24, 2.45) is 5.41 Å². The number of aliphatic carboxylic acids is 1. The number of aryl methyl sites for hydroxylation is 1. The molecule has 0 heterocycles. The minimum atomic E-state index is -0.956. The summed E-state index contributed by atoms with van der Waals surface area (Å²) < 4.78 is 16.2. The minimum Gasteiger partial charge on any atom is -0.496 e. The standard InChI is InChI=1S/C21H24O6/c1-21(20(24)27-4)9-8-12-14(15(21)11-18(22)23)10-17(26-3)13-6-5-7-16(25-2)19(12)13/h5-7,10,15H,8-9,11H2,1-4H3,(H,22,23)/t15-,21-/m1/s1. The summed E-state index contributed by atoms with van der Waals surface area (Å²) in [5.41, 5.74) is 0.905. The maximum atomic E-state index is 12.6. The molecule has 0 bridgehead atoms. The lowest BCUT2D eigenvalue weighted by Crippen LogP contribution is -2.40. The number of carboxylic acid groups (broad SMARTS) is 1. The molecule has 1 N–H and O–H groups in total. The average molecular weight is 372 g/mol. The van der Waals surface area contributed by atoms with Gasteiger partial charge in [-0.15, -0.1) is 0 Å². The number of carboxylic acids is 1. The molecule has 27 heavy (non-hydrogen) atoms. The number of carbonyl (C=O) groups excluding carboxylic acids is 1. The Morgan fingerprint density at radius 2 is 1.89 bits per heavy atom.